The van der Waals surface area contributed by atoms with Crippen molar-refractivity contribution in [2.75, 3.05) is 13.1 Å². The summed E-state index contributed by atoms with van der Waals surface area (Å²) in [6.45, 7) is 2.03. The van der Waals surface area contributed by atoms with Gasteiger partial charge in [0.05, 0.1) is 9.92 Å². The van der Waals surface area contributed by atoms with Crippen molar-refractivity contribution in [1.82, 2.24) is 9.62 Å². The Labute approximate surface area is 133 Å². The SMILES string of the molecule is CC1C(=O)NCCN1S(=O)(=O)c1ccc(C(N)=S)c(Cl)c1. The molecule has 1 fully saturated rings. The van der Waals surface area contributed by atoms with E-state index in [1.165, 1.54) is 25.1 Å². The van der Waals surface area contributed by atoms with E-state index in [0.717, 1.165) is 4.31 Å². The van der Waals surface area contributed by atoms with Gasteiger partial charge in [0.2, 0.25) is 15.9 Å². The van der Waals surface area contributed by atoms with Crippen molar-refractivity contribution in [3.05, 3.63) is 28.8 Å². The Bertz CT molecular complexity index is 706. The lowest BCUT2D eigenvalue weighted by molar-refractivity contribution is -0.126. The summed E-state index contributed by atoms with van der Waals surface area (Å²) in [4.78, 5) is 11.7. The van der Waals surface area contributed by atoms with Crippen molar-refractivity contribution >= 4 is 44.7 Å². The van der Waals surface area contributed by atoms with Crippen molar-refractivity contribution in [2.24, 2.45) is 5.73 Å². The van der Waals surface area contributed by atoms with Crippen molar-refractivity contribution in [1.29, 1.82) is 0 Å². The zero-order chi connectivity index (χ0) is 15.8. The summed E-state index contributed by atoms with van der Waals surface area (Å²) >= 11 is 10.8. The fraction of sp³-hybridized carbons (Fsp3) is 0.333. The number of benzene rings is 1. The monoisotopic (exact) mass is 347 g/mol. The van der Waals surface area contributed by atoms with Crippen LogP contribution in [0.2, 0.25) is 5.02 Å². The topological polar surface area (TPSA) is 92.5 Å². The van der Waals surface area contributed by atoms with Gasteiger partial charge in [-0.15, -0.1) is 0 Å². The number of carbonyl (C=O) groups is 1. The quantitative estimate of drug-likeness (QED) is 0.776. The Morgan fingerprint density at radius 1 is 1.52 bits per heavy atom. The molecule has 1 unspecified atom stereocenters. The fourth-order valence-corrected chi connectivity index (χ4v) is 4.28. The van der Waals surface area contributed by atoms with Gasteiger partial charge >= 0.3 is 0 Å². The summed E-state index contributed by atoms with van der Waals surface area (Å²) in [6.07, 6.45) is 0. The van der Waals surface area contributed by atoms with Gasteiger partial charge in [-0.3, -0.25) is 4.79 Å². The minimum atomic E-state index is -3.81. The van der Waals surface area contributed by atoms with E-state index in [1.807, 2.05) is 0 Å². The molecule has 6 nitrogen and oxygen atoms in total. The predicted molar refractivity (Wildman–Crippen MR) is 83.7 cm³/mol. The second-order valence-corrected chi connectivity index (χ2v) is 7.33. The highest BCUT2D eigenvalue weighted by Crippen LogP contribution is 2.25. The summed E-state index contributed by atoms with van der Waals surface area (Å²) < 4.78 is 26.4. The normalized spacial score (nSPS) is 20.1. The Morgan fingerprint density at radius 2 is 2.19 bits per heavy atom. The Hall–Kier alpha value is -1.22. The molecule has 0 radical (unpaired) electrons. The van der Waals surface area contributed by atoms with Gasteiger partial charge in [0, 0.05) is 18.7 Å². The number of carbonyl (C=O) groups excluding carboxylic acids is 1. The fourth-order valence-electron chi connectivity index (χ4n) is 2.08. The van der Waals surface area contributed by atoms with E-state index in [2.05, 4.69) is 5.32 Å². The maximum absolute atomic E-state index is 12.6. The molecule has 2 rings (SSSR count). The zero-order valence-corrected chi connectivity index (χ0v) is 13.6. The van der Waals surface area contributed by atoms with Crippen LogP contribution in [0.1, 0.15) is 12.5 Å². The molecule has 0 aromatic heterocycles. The smallest absolute Gasteiger partial charge is 0.243 e. The summed E-state index contributed by atoms with van der Waals surface area (Å²) in [5.41, 5.74) is 5.90. The summed E-state index contributed by atoms with van der Waals surface area (Å²) in [5, 5.41) is 2.78. The Balaban J connectivity index is 2.42. The average molecular weight is 348 g/mol. The van der Waals surface area contributed by atoms with E-state index < -0.39 is 16.1 Å². The van der Waals surface area contributed by atoms with Crippen LogP contribution >= 0.6 is 23.8 Å². The highest BCUT2D eigenvalue weighted by atomic mass is 35.5. The van der Waals surface area contributed by atoms with Crippen molar-refractivity contribution in [2.45, 2.75) is 17.9 Å². The number of hydrogen-bond donors (Lipinski definition) is 2. The van der Waals surface area contributed by atoms with Gasteiger partial charge in [-0.25, -0.2) is 8.42 Å². The first-order valence-electron chi connectivity index (χ1n) is 6.14. The number of hydrogen-bond acceptors (Lipinski definition) is 4. The van der Waals surface area contributed by atoms with Gasteiger partial charge in [0.1, 0.15) is 11.0 Å². The molecule has 1 aliphatic rings. The number of sulfonamides is 1. The molecule has 0 bridgehead atoms. The standard InChI is InChI=1S/C12H14ClN3O3S2/c1-7-12(17)15-4-5-16(7)21(18,19)8-2-3-9(11(14)20)10(13)6-8/h2-3,6-7H,4-5H2,1H3,(H2,14,20)(H,15,17). The predicted octanol–water partition coefficient (Wildman–Crippen LogP) is 0.483. The lowest BCUT2D eigenvalue weighted by Gasteiger charge is -2.31. The van der Waals surface area contributed by atoms with Gasteiger partial charge in [-0.1, -0.05) is 23.8 Å². The number of thiocarbonyl (C=S) groups is 1. The Morgan fingerprint density at radius 3 is 2.76 bits per heavy atom. The molecule has 1 aromatic rings. The van der Waals surface area contributed by atoms with E-state index >= 15 is 0 Å². The minimum Gasteiger partial charge on any atom is -0.389 e. The van der Waals surface area contributed by atoms with E-state index in [1.54, 1.807) is 0 Å². The first-order valence-corrected chi connectivity index (χ1v) is 8.36. The summed E-state index contributed by atoms with van der Waals surface area (Å²) in [7, 11) is -3.81. The molecular weight excluding hydrogens is 334 g/mol. The highest BCUT2D eigenvalue weighted by molar-refractivity contribution is 7.89. The average Bonchev–Trinajstić information content (AvgIpc) is 2.41. The molecule has 9 heteroatoms. The van der Waals surface area contributed by atoms with E-state index in [9.17, 15) is 13.2 Å². The molecule has 1 heterocycles. The molecule has 0 aliphatic carbocycles. The molecule has 0 spiro atoms. The molecular formula is C12H14ClN3O3S2. The summed E-state index contributed by atoms with van der Waals surface area (Å²) in [6, 6.07) is 3.38. The van der Waals surface area contributed by atoms with Crippen LogP contribution in [-0.2, 0) is 14.8 Å². The number of piperazine rings is 1. The second kappa shape index (κ2) is 5.88. The van der Waals surface area contributed by atoms with Crippen molar-refractivity contribution < 1.29 is 13.2 Å². The Kier molecular flexibility index (Phi) is 4.52. The van der Waals surface area contributed by atoms with Crippen LogP contribution in [-0.4, -0.2) is 42.8 Å². The molecule has 21 heavy (non-hydrogen) atoms. The molecule has 114 valence electrons. The van der Waals surface area contributed by atoms with Crippen LogP contribution in [0.5, 0.6) is 0 Å². The lowest BCUT2D eigenvalue weighted by Crippen LogP contribution is -2.55. The zero-order valence-electron chi connectivity index (χ0n) is 11.2. The van der Waals surface area contributed by atoms with Crippen LogP contribution in [0.15, 0.2) is 23.1 Å². The molecule has 1 aliphatic heterocycles. The van der Waals surface area contributed by atoms with Gasteiger partial charge < -0.3 is 11.1 Å². The molecule has 3 N–H and O–H groups in total. The molecule has 0 saturated carbocycles. The van der Waals surface area contributed by atoms with Crippen LogP contribution < -0.4 is 11.1 Å². The largest absolute Gasteiger partial charge is 0.389 e. The van der Waals surface area contributed by atoms with Crippen LogP contribution in [0.25, 0.3) is 0 Å². The van der Waals surface area contributed by atoms with Gasteiger partial charge in [-0.05, 0) is 25.1 Å². The lowest BCUT2D eigenvalue weighted by atomic mass is 10.2. The molecule has 1 aromatic carbocycles. The van der Waals surface area contributed by atoms with Gasteiger partial charge in [0.15, 0.2) is 0 Å². The summed E-state index contributed by atoms with van der Waals surface area (Å²) in [5.74, 6) is -0.323. The first kappa shape index (κ1) is 16.2. The number of amides is 1. The molecule has 1 atom stereocenters. The molecule has 1 saturated heterocycles. The third kappa shape index (κ3) is 3.03. The third-order valence-corrected chi connectivity index (χ3v) is 5.75. The number of halogens is 1. The third-order valence-electron chi connectivity index (χ3n) is 3.26. The number of nitrogens with zero attached hydrogens (tertiary/aromatic N) is 1. The van der Waals surface area contributed by atoms with E-state index in [4.69, 9.17) is 29.6 Å². The maximum Gasteiger partial charge on any atom is 0.243 e. The number of nitrogens with one attached hydrogen (secondary N) is 1. The van der Waals surface area contributed by atoms with Gasteiger partial charge in [-0.2, -0.15) is 4.31 Å². The van der Waals surface area contributed by atoms with Crippen LogP contribution in [0.4, 0.5) is 0 Å². The van der Waals surface area contributed by atoms with Crippen LogP contribution in [0.3, 0.4) is 0 Å². The number of rotatable bonds is 3. The van der Waals surface area contributed by atoms with Gasteiger partial charge in [0.25, 0.3) is 0 Å². The minimum absolute atomic E-state index is 0.00838. The second-order valence-electron chi connectivity index (χ2n) is 4.59. The van der Waals surface area contributed by atoms with Crippen molar-refractivity contribution in [3.8, 4) is 0 Å². The number of nitrogens with two attached hydrogens (primary N) is 1. The molecule has 1 amide bonds. The van der Waals surface area contributed by atoms with Crippen LogP contribution in [0, 0.1) is 0 Å². The highest BCUT2D eigenvalue weighted by Gasteiger charge is 2.35. The van der Waals surface area contributed by atoms with Crippen molar-refractivity contribution in [3.63, 3.8) is 0 Å². The van der Waals surface area contributed by atoms with E-state index in [-0.39, 0.29) is 33.9 Å². The van der Waals surface area contributed by atoms with E-state index in [0.29, 0.717) is 5.56 Å². The first-order chi connectivity index (χ1) is 9.75. The maximum atomic E-state index is 12.6.